The molecule has 1 aromatic rings. The molecular weight excluding hydrogens is 413 g/mol. The van der Waals surface area contributed by atoms with Crippen LogP contribution < -0.4 is 4.52 Å². The molecule has 2 saturated carbocycles. The quantitative estimate of drug-likeness (QED) is 0.243. The molecule has 2 aliphatic heterocycles. The van der Waals surface area contributed by atoms with Gasteiger partial charge in [-0.3, -0.25) is 19.2 Å². The largest absolute Gasteiger partial charge is 0.530 e. The third-order valence-corrected chi connectivity index (χ3v) is 7.79. The zero-order chi connectivity index (χ0) is 20.7. The lowest BCUT2D eigenvalue weighted by molar-refractivity contribution is -0.384. The van der Waals surface area contributed by atoms with Crippen molar-refractivity contribution in [3.05, 3.63) is 34.4 Å². The lowest BCUT2D eigenvalue weighted by Gasteiger charge is -2.25. The van der Waals surface area contributed by atoms with Crippen LogP contribution in [0.15, 0.2) is 24.3 Å². The molecule has 1 aromatic carbocycles. The fourth-order valence-corrected chi connectivity index (χ4v) is 5.86. The van der Waals surface area contributed by atoms with E-state index in [1.54, 1.807) is 0 Å². The Morgan fingerprint density at radius 2 is 1.43 bits per heavy atom. The van der Waals surface area contributed by atoms with Gasteiger partial charge in [0.15, 0.2) is 0 Å². The summed E-state index contributed by atoms with van der Waals surface area (Å²) in [5.74, 6) is 0.718. The van der Waals surface area contributed by atoms with E-state index < -0.39 is 12.7 Å². The number of nitro benzene ring substituents is 1. The molecule has 2 saturated heterocycles. The number of hydrogen-bond donors (Lipinski definition) is 0. The van der Waals surface area contributed by atoms with Crippen LogP contribution in [0.1, 0.15) is 38.5 Å². The Morgan fingerprint density at radius 1 is 0.900 bits per heavy atom. The van der Waals surface area contributed by atoms with Crippen molar-refractivity contribution in [2.45, 2.75) is 62.9 Å². The molecule has 6 unspecified atom stereocenters. The normalized spacial score (nSPS) is 36.1. The van der Waals surface area contributed by atoms with Crippen LogP contribution in [-0.4, -0.2) is 42.6 Å². The predicted octanol–water partition coefficient (Wildman–Crippen LogP) is 4.25. The molecule has 6 atom stereocenters. The molecule has 4 aliphatic rings. The van der Waals surface area contributed by atoms with Gasteiger partial charge in [0, 0.05) is 12.1 Å². The zero-order valence-electron chi connectivity index (χ0n) is 16.6. The summed E-state index contributed by atoms with van der Waals surface area (Å²) in [6.45, 7) is 0.546. The molecule has 5 rings (SSSR count). The van der Waals surface area contributed by atoms with Crippen LogP contribution in [-0.2, 0) is 23.1 Å². The van der Waals surface area contributed by atoms with Gasteiger partial charge in [0.2, 0.25) is 0 Å². The van der Waals surface area contributed by atoms with E-state index in [9.17, 15) is 14.7 Å². The maximum absolute atomic E-state index is 13.4. The first-order chi connectivity index (χ1) is 14.5. The maximum atomic E-state index is 13.4. The van der Waals surface area contributed by atoms with Crippen molar-refractivity contribution >= 4 is 13.5 Å². The Balaban J connectivity index is 1.22. The standard InChI is InChI=1S/C20H26NO8P/c22-21(23)15-3-5-16(6-4-15)29-30(24,25-11-13-1-7-17-19(9-13)27-17)26-12-14-2-8-18-20(10-14)28-18/h3-6,13-14,17-20H,1-2,7-12H2. The summed E-state index contributed by atoms with van der Waals surface area (Å²) in [6, 6.07) is 5.42. The Hall–Kier alpha value is -1.51. The number of rotatable bonds is 9. The van der Waals surface area contributed by atoms with Gasteiger partial charge in [0.25, 0.3) is 5.69 Å². The van der Waals surface area contributed by atoms with Crippen molar-refractivity contribution in [2.24, 2.45) is 11.8 Å². The summed E-state index contributed by atoms with van der Waals surface area (Å²) in [6.07, 6.45) is 7.09. The average Bonchev–Trinajstić information content (AvgIpc) is 3.65. The van der Waals surface area contributed by atoms with Crippen LogP contribution in [0.4, 0.5) is 5.69 Å². The number of benzene rings is 1. The molecule has 30 heavy (non-hydrogen) atoms. The number of nitro groups is 1. The average molecular weight is 439 g/mol. The van der Waals surface area contributed by atoms with Gasteiger partial charge in [-0.05, 0) is 62.5 Å². The third kappa shape index (κ3) is 4.86. The van der Waals surface area contributed by atoms with Gasteiger partial charge in [0.05, 0.1) is 42.6 Å². The lowest BCUT2D eigenvalue weighted by Crippen LogP contribution is -2.21. The van der Waals surface area contributed by atoms with Crippen molar-refractivity contribution < 1.29 is 32.5 Å². The van der Waals surface area contributed by atoms with E-state index in [1.807, 2.05) is 0 Å². The monoisotopic (exact) mass is 439 g/mol. The molecule has 2 heterocycles. The molecule has 0 bridgehead atoms. The topological polar surface area (TPSA) is 113 Å². The molecule has 0 aromatic heterocycles. The van der Waals surface area contributed by atoms with E-state index in [0.29, 0.717) is 24.4 Å². The van der Waals surface area contributed by atoms with Crippen molar-refractivity contribution in [1.29, 1.82) is 0 Å². The number of nitrogens with zero attached hydrogens (tertiary/aromatic N) is 1. The van der Waals surface area contributed by atoms with Gasteiger partial charge in [-0.25, -0.2) is 4.57 Å². The minimum atomic E-state index is -3.88. The molecule has 0 radical (unpaired) electrons. The number of epoxide rings is 2. The molecule has 0 N–H and O–H groups in total. The third-order valence-electron chi connectivity index (χ3n) is 6.43. The van der Waals surface area contributed by atoms with Crippen LogP contribution >= 0.6 is 7.82 Å². The molecule has 0 amide bonds. The second-order valence-electron chi connectivity index (χ2n) is 8.67. The van der Waals surface area contributed by atoms with Crippen molar-refractivity contribution in [3.8, 4) is 5.75 Å². The maximum Gasteiger partial charge on any atom is 0.530 e. The zero-order valence-corrected chi connectivity index (χ0v) is 17.5. The summed E-state index contributed by atoms with van der Waals surface area (Å²) < 4.78 is 41.6. The highest BCUT2D eigenvalue weighted by molar-refractivity contribution is 7.48. The first kappa shape index (κ1) is 20.4. The highest BCUT2D eigenvalue weighted by Gasteiger charge is 2.46. The second kappa shape index (κ2) is 8.20. The first-order valence-corrected chi connectivity index (χ1v) is 12.1. The van der Waals surface area contributed by atoms with Gasteiger partial charge in [-0.2, -0.15) is 0 Å². The Labute approximate surface area is 174 Å². The number of non-ortho nitro benzene ring substituents is 1. The highest BCUT2D eigenvalue weighted by atomic mass is 31.2. The summed E-state index contributed by atoms with van der Waals surface area (Å²) in [4.78, 5) is 10.4. The number of phosphoric ester groups is 1. The minimum absolute atomic E-state index is 0.0681. The number of fused-ring (bicyclic) bond motifs is 2. The van der Waals surface area contributed by atoms with Crippen molar-refractivity contribution in [3.63, 3.8) is 0 Å². The van der Waals surface area contributed by atoms with E-state index >= 15 is 0 Å². The van der Waals surface area contributed by atoms with Crippen LogP contribution in [0.5, 0.6) is 5.75 Å². The molecular formula is C20H26NO8P. The van der Waals surface area contributed by atoms with Crippen LogP contribution in [0, 0.1) is 22.0 Å². The number of hydrogen-bond acceptors (Lipinski definition) is 8. The smallest absolute Gasteiger partial charge is 0.404 e. The van der Waals surface area contributed by atoms with Gasteiger partial charge in [-0.15, -0.1) is 0 Å². The summed E-state index contributed by atoms with van der Waals surface area (Å²) in [5.41, 5.74) is -0.0681. The molecule has 10 heteroatoms. The van der Waals surface area contributed by atoms with E-state index in [4.69, 9.17) is 23.0 Å². The number of ether oxygens (including phenoxy) is 2. The van der Waals surface area contributed by atoms with E-state index in [-0.39, 0.29) is 36.5 Å². The van der Waals surface area contributed by atoms with E-state index in [2.05, 4.69) is 0 Å². The minimum Gasteiger partial charge on any atom is -0.404 e. The lowest BCUT2D eigenvalue weighted by atomic mass is 9.90. The predicted molar refractivity (Wildman–Crippen MR) is 105 cm³/mol. The van der Waals surface area contributed by atoms with E-state index in [1.165, 1.54) is 24.3 Å². The van der Waals surface area contributed by atoms with Gasteiger partial charge < -0.3 is 14.0 Å². The van der Waals surface area contributed by atoms with Gasteiger partial charge in [-0.1, -0.05) is 0 Å². The highest BCUT2D eigenvalue weighted by Crippen LogP contribution is 2.52. The number of phosphoric acid groups is 1. The molecule has 9 nitrogen and oxygen atoms in total. The molecule has 0 spiro atoms. The first-order valence-electron chi connectivity index (χ1n) is 10.6. The Morgan fingerprint density at radius 3 is 1.90 bits per heavy atom. The Bertz CT molecular complexity index is 797. The van der Waals surface area contributed by atoms with Crippen molar-refractivity contribution in [2.75, 3.05) is 13.2 Å². The summed E-state index contributed by atoms with van der Waals surface area (Å²) in [7, 11) is -3.88. The second-order valence-corrected chi connectivity index (χ2v) is 10.3. The fourth-order valence-electron chi connectivity index (χ4n) is 4.52. The molecule has 2 aliphatic carbocycles. The van der Waals surface area contributed by atoms with E-state index in [0.717, 1.165) is 38.5 Å². The molecule has 164 valence electrons. The van der Waals surface area contributed by atoms with Crippen LogP contribution in [0.25, 0.3) is 0 Å². The SMILES string of the molecule is O=[N+]([O-])c1ccc(OP(=O)(OCC2CCC3OC3C2)OCC2CCC3OC3C2)cc1. The van der Waals surface area contributed by atoms with Crippen LogP contribution in [0.3, 0.4) is 0 Å². The van der Waals surface area contributed by atoms with Gasteiger partial charge in [0.1, 0.15) is 5.75 Å². The Kier molecular flexibility index (Phi) is 5.58. The summed E-state index contributed by atoms with van der Waals surface area (Å²) >= 11 is 0. The summed E-state index contributed by atoms with van der Waals surface area (Å²) in [5, 5.41) is 10.9. The van der Waals surface area contributed by atoms with Gasteiger partial charge >= 0.3 is 7.82 Å². The molecule has 4 fully saturated rings. The van der Waals surface area contributed by atoms with Crippen LogP contribution in [0.2, 0.25) is 0 Å². The fraction of sp³-hybridized carbons (Fsp3) is 0.700. The van der Waals surface area contributed by atoms with Crippen molar-refractivity contribution in [1.82, 2.24) is 0 Å².